The lowest BCUT2D eigenvalue weighted by Crippen LogP contribution is -2.03. The summed E-state index contributed by atoms with van der Waals surface area (Å²) in [6.45, 7) is 4.72. The van der Waals surface area contributed by atoms with Crippen molar-refractivity contribution < 1.29 is 9.90 Å². The summed E-state index contributed by atoms with van der Waals surface area (Å²) in [5.74, 6) is -0.957. The number of para-hydroxylation sites is 1. The minimum absolute atomic E-state index is 0.253. The normalized spacial score (nSPS) is 11.4. The van der Waals surface area contributed by atoms with Gasteiger partial charge < -0.3 is 5.11 Å². The zero-order valence-corrected chi connectivity index (χ0v) is 16.3. The van der Waals surface area contributed by atoms with Gasteiger partial charge in [-0.05, 0) is 43.7 Å². The van der Waals surface area contributed by atoms with Gasteiger partial charge in [0, 0.05) is 16.6 Å². The lowest BCUT2D eigenvalue weighted by Gasteiger charge is -2.05. The first-order valence-corrected chi connectivity index (χ1v) is 9.42. The van der Waals surface area contributed by atoms with E-state index in [-0.39, 0.29) is 5.56 Å². The SMILES string of the molecule is Cc1nn(Cc2ccccc2)c(C)c1/C=C/c1cc(C(=O)O)c2ccccc2n1. The van der Waals surface area contributed by atoms with Gasteiger partial charge >= 0.3 is 5.97 Å². The topological polar surface area (TPSA) is 68.0 Å². The largest absolute Gasteiger partial charge is 0.478 e. The molecule has 2 aromatic carbocycles. The van der Waals surface area contributed by atoms with Crippen molar-refractivity contribution in [1.82, 2.24) is 14.8 Å². The van der Waals surface area contributed by atoms with E-state index in [9.17, 15) is 9.90 Å². The monoisotopic (exact) mass is 383 g/mol. The maximum Gasteiger partial charge on any atom is 0.336 e. The number of fused-ring (bicyclic) bond motifs is 1. The molecule has 144 valence electrons. The molecule has 0 fully saturated rings. The fourth-order valence-electron chi connectivity index (χ4n) is 3.49. The van der Waals surface area contributed by atoms with E-state index in [0.717, 1.165) is 17.0 Å². The molecule has 0 radical (unpaired) electrons. The molecule has 0 bridgehead atoms. The Balaban J connectivity index is 1.68. The second-order valence-electron chi connectivity index (χ2n) is 6.98. The van der Waals surface area contributed by atoms with E-state index in [0.29, 0.717) is 23.1 Å². The van der Waals surface area contributed by atoms with Crippen LogP contribution in [0.5, 0.6) is 0 Å². The first kappa shape index (κ1) is 18.6. The van der Waals surface area contributed by atoms with Gasteiger partial charge in [0.15, 0.2) is 0 Å². The summed E-state index contributed by atoms with van der Waals surface area (Å²) in [4.78, 5) is 16.3. The van der Waals surface area contributed by atoms with Crippen LogP contribution in [0, 0.1) is 13.8 Å². The molecule has 2 aromatic heterocycles. The highest BCUT2D eigenvalue weighted by Gasteiger charge is 2.12. The Morgan fingerprint density at radius 3 is 2.52 bits per heavy atom. The Kier molecular flexibility index (Phi) is 4.96. The third kappa shape index (κ3) is 3.80. The van der Waals surface area contributed by atoms with Gasteiger partial charge in [0.1, 0.15) is 0 Å². The van der Waals surface area contributed by atoms with Crippen LogP contribution in [0.3, 0.4) is 0 Å². The predicted molar refractivity (Wildman–Crippen MR) is 115 cm³/mol. The van der Waals surface area contributed by atoms with Crippen molar-refractivity contribution in [2.24, 2.45) is 0 Å². The van der Waals surface area contributed by atoms with Crippen molar-refractivity contribution in [3.8, 4) is 0 Å². The molecule has 0 spiro atoms. The molecule has 0 saturated heterocycles. The zero-order valence-electron chi connectivity index (χ0n) is 16.3. The second kappa shape index (κ2) is 7.72. The molecule has 0 atom stereocenters. The number of nitrogens with zero attached hydrogens (tertiary/aromatic N) is 3. The van der Waals surface area contributed by atoms with Crippen LogP contribution in [0.25, 0.3) is 23.1 Å². The lowest BCUT2D eigenvalue weighted by molar-refractivity contribution is 0.0699. The third-order valence-corrected chi connectivity index (χ3v) is 5.00. The van der Waals surface area contributed by atoms with Crippen LogP contribution in [0.2, 0.25) is 0 Å². The highest BCUT2D eigenvalue weighted by atomic mass is 16.4. The van der Waals surface area contributed by atoms with E-state index in [1.54, 1.807) is 12.1 Å². The van der Waals surface area contributed by atoms with Gasteiger partial charge in [0.2, 0.25) is 0 Å². The smallest absolute Gasteiger partial charge is 0.336 e. The van der Waals surface area contributed by atoms with Crippen molar-refractivity contribution >= 4 is 29.0 Å². The van der Waals surface area contributed by atoms with E-state index < -0.39 is 5.97 Å². The lowest BCUT2D eigenvalue weighted by atomic mass is 10.1. The van der Waals surface area contributed by atoms with Crippen molar-refractivity contribution in [3.63, 3.8) is 0 Å². The van der Waals surface area contributed by atoms with E-state index in [4.69, 9.17) is 0 Å². The molecule has 4 rings (SSSR count). The first-order valence-electron chi connectivity index (χ1n) is 9.42. The molecule has 5 heteroatoms. The van der Waals surface area contributed by atoms with Crippen molar-refractivity contribution in [2.45, 2.75) is 20.4 Å². The van der Waals surface area contributed by atoms with E-state index in [1.807, 2.05) is 67.1 Å². The minimum Gasteiger partial charge on any atom is -0.478 e. The fourth-order valence-corrected chi connectivity index (χ4v) is 3.49. The van der Waals surface area contributed by atoms with Crippen molar-refractivity contribution in [2.75, 3.05) is 0 Å². The molecular weight excluding hydrogens is 362 g/mol. The van der Waals surface area contributed by atoms with Crippen LogP contribution in [-0.4, -0.2) is 25.8 Å². The number of hydrogen-bond donors (Lipinski definition) is 1. The Bertz CT molecular complexity index is 1220. The number of carboxylic acids is 1. The maximum atomic E-state index is 11.7. The fraction of sp³-hybridized carbons (Fsp3) is 0.125. The number of pyridine rings is 1. The molecule has 1 N–H and O–H groups in total. The quantitative estimate of drug-likeness (QED) is 0.529. The number of carboxylic acid groups (broad SMARTS) is 1. The summed E-state index contributed by atoms with van der Waals surface area (Å²) >= 11 is 0. The summed E-state index contributed by atoms with van der Waals surface area (Å²) in [6.07, 6.45) is 3.81. The number of benzene rings is 2. The molecule has 29 heavy (non-hydrogen) atoms. The molecule has 0 saturated carbocycles. The maximum absolute atomic E-state index is 11.7. The Hall–Kier alpha value is -3.73. The van der Waals surface area contributed by atoms with Gasteiger partial charge in [-0.1, -0.05) is 48.5 Å². The van der Waals surface area contributed by atoms with E-state index in [2.05, 4.69) is 22.2 Å². The van der Waals surface area contributed by atoms with Gasteiger partial charge in [0.25, 0.3) is 0 Å². The Morgan fingerprint density at radius 1 is 1.03 bits per heavy atom. The van der Waals surface area contributed by atoms with Gasteiger partial charge in [-0.3, -0.25) is 4.68 Å². The molecule has 0 unspecified atom stereocenters. The summed E-state index contributed by atoms with van der Waals surface area (Å²) < 4.78 is 1.99. The van der Waals surface area contributed by atoms with E-state index in [1.165, 1.54) is 5.56 Å². The van der Waals surface area contributed by atoms with Crippen LogP contribution in [0.15, 0.2) is 60.7 Å². The van der Waals surface area contributed by atoms with E-state index >= 15 is 0 Å². The van der Waals surface area contributed by atoms with Crippen molar-refractivity contribution in [3.05, 3.63) is 94.4 Å². The highest BCUT2D eigenvalue weighted by molar-refractivity contribution is 6.03. The highest BCUT2D eigenvalue weighted by Crippen LogP contribution is 2.21. The van der Waals surface area contributed by atoms with Gasteiger partial charge in [0.05, 0.1) is 29.0 Å². The van der Waals surface area contributed by atoms with Gasteiger partial charge in [-0.15, -0.1) is 0 Å². The van der Waals surface area contributed by atoms with Crippen LogP contribution in [-0.2, 0) is 6.54 Å². The molecule has 0 aliphatic carbocycles. The summed E-state index contributed by atoms with van der Waals surface area (Å²) in [7, 11) is 0. The summed E-state index contributed by atoms with van der Waals surface area (Å²) in [6, 6.07) is 19.1. The number of aryl methyl sites for hydroxylation is 1. The number of hydrogen-bond acceptors (Lipinski definition) is 3. The van der Waals surface area contributed by atoms with Crippen LogP contribution >= 0.6 is 0 Å². The minimum atomic E-state index is -0.957. The average Bonchev–Trinajstić information content (AvgIpc) is 2.99. The average molecular weight is 383 g/mol. The van der Waals surface area contributed by atoms with Crippen LogP contribution < -0.4 is 0 Å². The Morgan fingerprint density at radius 2 is 1.76 bits per heavy atom. The van der Waals surface area contributed by atoms with Crippen molar-refractivity contribution in [1.29, 1.82) is 0 Å². The third-order valence-electron chi connectivity index (χ3n) is 5.00. The number of aromatic nitrogens is 3. The van der Waals surface area contributed by atoms with Crippen LogP contribution in [0.4, 0.5) is 0 Å². The predicted octanol–water partition coefficient (Wildman–Crippen LogP) is 4.97. The van der Waals surface area contributed by atoms with Crippen LogP contribution in [0.1, 0.15) is 38.6 Å². The first-order chi connectivity index (χ1) is 14.0. The number of rotatable bonds is 5. The molecule has 0 amide bonds. The zero-order chi connectivity index (χ0) is 20.4. The summed E-state index contributed by atoms with van der Waals surface area (Å²) in [5, 5.41) is 14.9. The molecule has 0 aliphatic rings. The number of aromatic carboxylic acids is 1. The molecule has 4 aromatic rings. The Labute approximate surface area is 169 Å². The van der Waals surface area contributed by atoms with Gasteiger partial charge in [-0.25, -0.2) is 9.78 Å². The molecule has 2 heterocycles. The molecule has 5 nitrogen and oxygen atoms in total. The summed E-state index contributed by atoms with van der Waals surface area (Å²) in [5.41, 5.74) is 5.72. The van der Waals surface area contributed by atoms with Gasteiger partial charge in [-0.2, -0.15) is 5.10 Å². The standard InChI is InChI=1S/C24H21N3O2/c1-16-20(17(2)27(26-16)15-18-8-4-3-5-9-18)13-12-19-14-22(24(28)29)21-10-6-7-11-23(21)25-19/h3-14H,15H2,1-2H3,(H,28,29)/b13-12+. The molecule has 0 aliphatic heterocycles. The molecular formula is C24H21N3O2. The number of carbonyl (C=O) groups is 1. The second-order valence-corrected chi connectivity index (χ2v) is 6.98.